The van der Waals surface area contributed by atoms with Crippen LogP contribution in [0.5, 0.6) is 0 Å². The number of phosphoric ester groups is 2. The fourth-order valence-corrected chi connectivity index (χ4v) is 7.96. The molecule has 7 N–H and O–H groups in total. The molecule has 3 aliphatic rings. The van der Waals surface area contributed by atoms with Crippen LogP contribution in [0.15, 0.2) is 29.7 Å². The maximum atomic E-state index is 13.4. The van der Waals surface area contributed by atoms with E-state index in [0.717, 1.165) is 0 Å². The second kappa shape index (κ2) is 10.9. The molecule has 2 bridgehead atoms. The van der Waals surface area contributed by atoms with Gasteiger partial charge in [0, 0.05) is 18.0 Å². The lowest BCUT2D eigenvalue weighted by atomic mass is 10.0. The van der Waals surface area contributed by atoms with Crippen molar-refractivity contribution in [2.24, 2.45) is 11.8 Å². The number of phosphoric acid groups is 2. The number of nitrogens with two attached hydrogens (primary N) is 2. The molecule has 3 fully saturated rings. The first-order valence-electron chi connectivity index (χ1n) is 13.7. The van der Waals surface area contributed by atoms with Crippen LogP contribution < -0.4 is 17.0 Å². The number of hydrogen-bond donors (Lipinski definition) is 5. The molecule has 20 nitrogen and oxygen atoms in total. The number of rotatable bonds is 2. The standard InChI is InChI=1S/C23H29N9O11P2/c1-9-12-5-38-44(34,35)42-16-10(2)21(31-7-27-14-11(31)3-4-26-18(14)24)41-13(16)6-39-45(36,37)43-17(9)22(40-12)32-8-28-15-19(32)29-23(25)30-20(15)33/h3-4,7-10,12-13,16-17,21-22H,5-6H2,1-2H3,(H2,24,26)(H,34,35)(H,36,37)(H3,25,29,30,33)/t9-,10-,12-,13-,16+,17-,21-,22-/m1/s1. The number of aromatic nitrogens is 7. The minimum atomic E-state index is -4.86. The highest BCUT2D eigenvalue weighted by molar-refractivity contribution is 7.47. The van der Waals surface area contributed by atoms with Gasteiger partial charge in [-0.15, -0.1) is 0 Å². The van der Waals surface area contributed by atoms with Crippen LogP contribution in [0.1, 0.15) is 26.3 Å². The zero-order chi connectivity index (χ0) is 31.8. The molecule has 0 spiro atoms. The fraction of sp³-hybridized carbons (Fsp3) is 0.522. The van der Waals surface area contributed by atoms with Gasteiger partial charge >= 0.3 is 15.6 Å². The van der Waals surface area contributed by atoms with Crippen molar-refractivity contribution in [1.29, 1.82) is 0 Å². The summed E-state index contributed by atoms with van der Waals surface area (Å²) < 4.78 is 63.9. The van der Waals surface area contributed by atoms with Gasteiger partial charge in [-0.2, -0.15) is 4.98 Å². The number of nitrogens with zero attached hydrogens (tertiary/aromatic N) is 6. The molecule has 0 aromatic carbocycles. The molecule has 3 aliphatic heterocycles. The first-order chi connectivity index (χ1) is 21.3. The van der Waals surface area contributed by atoms with Crippen molar-refractivity contribution in [2.45, 2.75) is 50.7 Å². The lowest BCUT2D eigenvalue weighted by Gasteiger charge is -2.26. The van der Waals surface area contributed by atoms with Gasteiger partial charge in [-0.3, -0.25) is 32.4 Å². The van der Waals surface area contributed by atoms with E-state index in [9.17, 15) is 23.7 Å². The predicted molar refractivity (Wildman–Crippen MR) is 152 cm³/mol. The Bertz CT molecular complexity index is 1930. The summed E-state index contributed by atoms with van der Waals surface area (Å²) in [5.41, 5.74) is 12.0. The first kappa shape index (κ1) is 30.4. The van der Waals surface area contributed by atoms with E-state index in [-0.39, 0.29) is 22.9 Å². The maximum absolute atomic E-state index is 13.4. The molecule has 0 saturated carbocycles. The molecule has 242 valence electrons. The smallest absolute Gasteiger partial charge is 0.382 e. The molecule has 10 atom stereocenters. The number of H-pyrrole nitrogens is 1. The van der Waals surface area contributed by atoms with Gasteiger partial charge in [0.15, 0.2) is 23.2 Å². The van der Waals surface area contributed by atoms with Gasteiger partial charge in [0.1, 0.15) is 30.1 Å². The van der Waals surface area contributed by atoms with Crippen molar-refractivity contribution < 1.29 is 46.5 Å². The number of imidazole rings is 2. The third kappa shape index (κ3) is 5.36. The minimum Gasteiger partial charge on any atom is -0.382 e. The Kier molecular flexibility index (Phi) is 7.36. The molecule has 3 saturated heterocycles. The molecule has 0 radical (unpaired) electrons. The lowest BCUT2D eigenvalue weighted by molar-refractivity contribution is -0.0668. The molecule has 7 heterocycles. The Morgan fingerprint density at radius 2 is 1.53 bits per heavy atom. The van der Waals surface area contributed by atoms with Crippen molar-refractivity contribution in [2.75, 3.05) is 24.7 Å². The van der Waals surface area contributed by atoms with Crippen LogP contribution in [0.4, 0.5) is 11.8 Å². The third-order valence-corrected chi connectivity index (χ3v) is 10.2. The van der Waals surface area contributed by atoms with E-state index in [1.165, 1.54) is 23.4 Å². The second-order valence-electron chi connectivity index (χ2n) is 11.0. The van der Waals surface area contributed by atoms with E-state index >= 15 is 0 Å². The summed E-state index contributed by atoms with van der Waals surface area (Å²) >= 11 is 0. The van der Waals surface area contributed by atoms with Gasteiger partial charge in [-0.05, 0) is 6.07 Å². The Hall–Kier alpha value is -3.29. The number of aromatic amines is 1. The SMILES string of the molecule is C[C@@H]1[C@@H]2OP(=O)(O)OC[C@H]3O[C@@H](n4cnc5c(=O)[nH]c(N)nc54)[C@H](OP(=O)(O)OC[C@H]2O[C@H]1n1cnc2c(N)nccc21)[C@@H]3C. The van der Waals surface area contributed by atoms with Crippen molar-refractivity contribution in [3.8, 4) is 0 Å². The molecule has 0 aliphatic carbocycles. The lowest BCUT2D eigenvalue weighted by Crippen LogP contribution is -2.32. The van der Waals surface area contributed by atoms with Gasteiger partial charge in [0.25, 0.3) is 5.56 Å². The second-order valence-corrected chi connectivity index (χ2v) is 13.8. The van der Waals surface area contributed by atoms with E-state index in [1.807, 2.05) is 0 Å². The number of hydrogen-bond acceptors (Lipinski definition) is 15. The maximum Gasteiger partial charge on any atom is 0.472 e. The van der Waals surface area contributed by atoms with Crippen LogP contribution in [0.25, 0.3) is 22.2 Å². The molecule has 7 rings (SSSR count). The Balaban J connectivity index is 1.21. The largest absolute Gasteiger partial charge is 0.472 e. The van der Waals surface area contributed by atoms with E-state index in [2.05, 4.69) is 24.9 Å². The number of nitrogen functional groups attached to an aromatic ring is 2. The molecule has 0 amide bonds. The number of anilines is 2. The highest BCUT2D eigenvalue weighted by Crippen LogP contribution is 2.55. The van der Waals surface area contributed by atoms with E-state index < -0.39 is 83.1 Å². The normalized spacial score (nSPS) is 37.7. The molecule has 4 aromatic heterocycles. The van der Waals surface area contributed by atoms with Crippen molar-refractivity contribution in [3.63, 3.8) is 0 Å². The number of nitrogens with one attached hydrogen (secondary N) is 1. The molecule has 4 aromatic rings. The Morgan fingerprint density at radius 1 is 0.889 bits per heavy atom. The van der Waals surface area contributed by atoms with E-state index in [1.54, 1.807) is 24.5 Å². The topological polar surface area (TPSA) is 276 Å². The van der Waals surface area contributed by atoms with Crippen molar-refractivity contribution >= 4 is 49.6 Å². The van der Waals surface area contributed by atoms with Crippen LogP contribution in [-0.2, 0) is 36.7 Å². The van der Waals surface area contributed by atoms with Crippen LogP contribution >= 0.6 is 15.6 Å². The number of ether oxygens (including phenoxy) is 2. The van der Waals surface area contributed by atoms with Gasteiger partial charge in [0.05, 0.1) is 37.5 Å². The summed E-state index contributed by atoms with van der Waals surface area (Å²) in [6.07, 6.45) is -2.25. The average molecular weight is 669 g/mol. The van der Waals surface area contributed by atoms with Crippen molar-refractivity contribution in [3.05, 3.63) is 35.3 Å². The van der Waals surface area contributed by atoms with Crippen LogP contribution in [0.3, 0.4) is 0 Å². The van der Waals surface area contributed by atoms with Gasteiger partial charge in [0.2, 0.25) is 5.95 Å². The summed E-state index contributed by atoms with van der Waals surface area (Å²) in [5.74, 6) is -1.33. The molecule has 45 heavy (non-hydrogen) atoms. The van der Waals surface area contributed by atoms with Gasteiger partial charge in [-0.25, -0.2) is 24.1 Å². The minimum absolute atomic E-state index is 0.0152. The summed E-state index contributed by atoms with van der Waals surface area (Å²) in [6, 6.07) is 1.67. The predicted octanol–water partition coefficient (Wildman–Crippen LogP) is 0.814. The zero-order valence-corrected chi connectivity index (χ0v) is 25.4. The summed E-state index contributed by atoms with van der Waals surface area (Å²) in [6.45, 7) is 2.28. The molecule has 22 heteroatoms. The Labute approximate surface area is 252 Å². The fourth-order valence-electron chi connectivity index (χ4n) is 5.93. The summed E-state index contributed by atoms with van der Waals surface area (Å²) in [4.78, 5) is 52.8. The zero-order valence-electron chi connectivity index (χ0n) is 23.6. The van der Waals surface area contributed by atoms with Crippen LogP contribution in [-0.4, -0.2) is 81.5 Å². The van der Waals surface area contributed by atoms with Crippen LogP contribution in [0, 0.1) is 11.8 Å². The quantitative estimate of drug-likeness (QED) is 0.185. The van der Waals surface area contributed by atoms with E-state index in [0.29, 0.717) is 11.0 Å². The highest BCUT2D eigenvalue weighted by atomic mass is 31.2. The first-order valence-corrected chi connectivity index (χ1v) is 16.7. The third-order valence-electron chi connectivity index (χ3n) is 8.18. The van der Waals surface area contributed by atoms with Gasteiger partial charge in [-0.1, -0.05) is 13.8 Å². The number of fused-ring (bicyclic) bond motifs is 5. The summed E-state index contributed by atoms with van der Waals surface area (Å²) in [5, 5.41) is 0. The molecular formula is C23H29N9O11P2. The van der Waals surface area contributed by atoms with Crippen molar-refractivity contribution in [1.82, 2.24) is 34.1 Å². The highest BCUT2D eigenvalue weighted by Gasteiger charge is 2.52. The van der Waals surface area contributed by atoms with Gasteiger partial charge < -0.3 is 35.3 Å². The average Bonchev–Trinajstić information content (AvgIpc) is 3.72. The molecular weight excluding hydrogens is 640 g/mol. The van der Waals surface area contributed by atoms with Crippen LogP contribution in [0.2, 0.25) is 0 Å². The van der Waals surface area contributed by atoms with E-state index in [4.69, 9.17) is 39.0 Å². The Morgan fingerprint density at radius 3 is 2.29 bits per heavy atom. The number of pyridine rings is 1. The monoisotopic (exact) mass is 669 g/mol. The molecule has 2 unspecified atom stereocenters. The summed E-state index contributed by atoms with van der Waals surface area (Å²) in [7, 11) is -9.64.